The van der Waals surface area contributed by atoms with Gasteiger partial charge in [-0.15, -0.1) is 0 Å². The summed E-state index contributed by atoms with van der Waals surface area (Å²) in [6.07, 6.45) is 2.28. The van der Waals surface area contributed by atoms with Gasteiger partial charge in [0, 0.05) is 0 Å². The van der Waals surface area contributed by atoms with E-state index in [4.69, 9.17) is 11.8 Å². The van der Waals surface area contributed by atoms with Crippen LogP contribution in [0.2, 0.25) is 0 Å². The largest absolute Gasteiger partial charge is 0.0926 e. The van der Waals surface area contributed by atoms with Crippen molar-refractivity contribution >= 4 is 23.1 Å². The van der Waals surface area contributed by atoms with Crippen LogP contribution in [0.15, 0.2) is 30.3 Å². The van der Waals surface area contributed by atoms with Crippen molar-refractivity contribution in [3.05, 3.63) is 30.3 Å². The van der Waals surface area contributed by atoms with E-state index in [1.165, 1.54) is 5.30 Å². The Morgan fingerprint density at radius 2 is 1.58 bits per heavy atom. The van der Waals surface area contributed by atoms with Crippen LogP contribution in [0.5, 0.6) is 0 Å². The van der Waals surface area contributed by atoms with Gasteiger partial charge in [0.25, 0.3) is 0 Å². The molecule has 0 spiro atoms. The Morgan fingerprint density at radius 1 is 1.08 bits per heavy atom. The van der Waals surface area contributed by atoms with Gasteiger partial charge in [-0.3, -0.25) is 0 Å². The molecule has 1 aromatic rings. The summed E-state index contributed by atoms with van der Waals surface area (Å²) in [5.74, 6) is 0. The summed E-state index contributed by atoms with van der Waals surface area (Å²) >= 11 is 5.68. The third kappa shape index (κ3) is 1.97. The average molecular weight is 198 g/mol. The van der Waals surface area contributed by atoms with Crippen LogP contribution in [-0.2, 0) is 11.8 Å². The maximum atomic E-state index is 5.68. The van der Waals surface area contributed by atoms with E-state index in [2.05, 4.69) is 44.2 Å². The standard InChI is InChI=1S/C10H15PS/c1-3-11(12,4-2)10-8-6-5-7-9-10/h5-9H,3-4H2,1-2H3. The molecule has 0 saturated heterocycles. The van der Waals surface area contributed by atoms with Gasteiger partial charge in [0.1, 0.15) is 0 Å². The number of hydrogen-bond donors (Lipinski definition) is 0. The number of rotatable bonds is 3. The highest BCUT2D eigenvalue weighted by Crippen LogP contribution is 2.43. The van der Waals surface area contributed by atoms with E-state index < -0.39 is 6.04 Å². The minimum absolute atomic E-state index is 1.14. The molecule has 0 N–H and O–H groups in total. The summed E-state index contributed by atoms with van der Waals surface area (Å²) in [5.41, 5.74) is 0. The van der Waals surface area contributed by atoms with Crippen molar-refractivity contribution in [1.29, 1.82) is 0 Å². The van der Waals surface area contributed by atoms with Gasteiger partial charge < -0.3 is 0 Å². The molecule has 0 aliphatic rings. The maximum absolute atomic E-state index is 5.68. The molecule has 0 nitrogen and oxygen atoms in total. The molecule has 0 aliphatic carbocycles. The molecule has 0 saturated carbocycles. The lowest BCUT2D eigenvalue weighted by Gasteiger charge is -2.18. The molecular formula is C10H15PS. The number of benzene rings is 1. The molecule has 0 atom stereocenters. The smallest absolute Gasteiger partial charge is 0.0143 e. The van der Waals surface area contributed by atoms with E-state index in [0.717, 1.165) is 12.3 Å². The second-order valence-corrected chi connectivity index (χ2v) is 8.51. The molecule has 12 heavy (non-hydrogen) atoms. The van der Waals surface area contributed by atoms with Crippen LogP contribution in [0.1, 0.15) is 13.8 Å². The van der Waals surface area contributed by atoms with Gasteiger partial charge in [-0.05, 0) is 23.7 Å². The summed E-state index contributed by atoms with van der Waals surface area (Å²) in [4.78, 5) is 0. The van der Waals surface area contributed by atoms with Crippen molar-refractivity contribution in [3.63, 3.8) is 0 Å². The Labute approximate surface area is 80.0 Å². The van der Waals surface area contributed by atoms with Gasteiger partial charge in [0.05, 0.1) is 0 Å². The fourth-order valence-corrected chi connectivity index (χ4v) is 3.55. The summed E-state index contributed by atoms with van der Waals surface area (Å²) in [6.45, 7) is 4.41. The Bertz CT molecular complexity index is 271. The molecule has 0 amide bonds. The van der Waals surface area contributed by atoms with Crippen molar-refractivity contribution in [3.8, 4) is 0 Å². The molecule has 0 aliphatic heterocycles. The molecule has 0 aromatic heterocycles. The summed E-state index contributed by atoms with van der Waals surface area (Å²) in [7, 11) is 0. The SMILES string of the molecule is CCP(=S)(CC)c1ccccc1. The Morgan fingerprint density at radius 3 is 2.00 bits per heavy atom. The van der Waals surface area contributed by atoms with Crippen molar-refractivity contribution in [1.82, 2.24) is 0 Å². The molecule has 0 unspecified atom stereocenters. The van der Waals surface area contributed by atoms with Gasteiger partial charge in [-0.25, -0.2) is 0 Å². The highest BCUT2D eigenvalue weighted by Gasteiger charge is 2.13. The van der Waals surface area contributed by atoms with Crippen LogP contribution < -0.4 is 5.30 Å². The molecule has 0 fully saturated rings. The molecular weight excluding hydrogens is 183 g/mol. The highest BCUT2D eigenvalue weighted by molar-refractivity contribution is 8.18. The van der Waals surface area contributed by atoms with Crippen LogP contribution in [0.3, 0.4) is 0 Å². The minimum Gasteiger partial charge on any atom is -0.0926 e. The van der Waals surface area contributed by atoms with E-state index in [1.54, 1.807) is 0 Å². The second-order valence-electron chi connectivity index (χ2n) is 2.86. The topological polar surface area (TPSA) is 0 Å². The van der Waals surface area contributed by atoms with Crippen LogP contribution >= 0.6 is 6.04 Å². The molecule has 1 aromatic carbocycles. The summed E-state index contributed by atoms with van der Waals surface area (Å²) in [5, 5.41) is 1.39. The molecule has 66 valence electrons. The lowest BCUT2D eigenvalue weighted by Crippen LogP contribution is -2.07. The Balaban J connectivity index is 3.04. The maximum Gasteiger partial charge on any atom is -0.0143 e. The first kappa shape index (κ1) is 9.95. The van der Waals surface area contributed by atoms with E-state index in [1.807, 2.05) is 0 Å². The second kappa shape index (κ2) is 4.20. The zero-order chi connectivity index (χ0) is 9.03. The fourth-order valence-electron chi connectivity index (χ4n) is 1.29. The first-order chi connectivity index (χ1) is 5.73. The van der Waals surface area contributed by atoms with Crippen LogP contribution in [0.4, 0.5) is 0 Å². The molecule has 1 rings (SSSR count). The van der Waals surface area contributed by atoms with E-state index in [9.17, 15) is 0 Å². The van der Waals surface area contributed by atoms with Crippen molar-refractivity contribution in [2.75, 3.05) is 12.3 Å². The van der Waals surface area contributed by atoms with Crippen LogP contribution in [-0.4, -0.2) is 12.3 Å². The highest BCUT2D eigenvalue weighted by atomic mass is 32.4. The lowest BCUT2D eigenvalue weighted by molar-refractivity contribution is 1.42. The zero-order valence-corrected chi connectivity index (χ0v) is 9.37. The normalized spacial score (nSPS) is 11.5. The average Bonchev–Trinajstić information content (AvgIpc) is 2.18. The Hall–Kier alpha value is -0.130. The fraction of sp³-hybridized carbons (Fsp3) is 0.400. The first-order valence-corrected chi connectivity index (χ1v) is 7.54. The minimum atomic E-state index is -1.20. The number of hydrogen-bond acceptors (Lipinski definition) is 1. The van der Waals surface area contributed by atoms with Crippen LogP contribution in [0, 0.1) is 0 Å². The molecule has 0 heterocycles. The third-order valence-electron chi connectivity index (χ3n) is 2.25. The molecule has 2 heteroatoms. The third-order valence-corrected chi connectivity index (χ3v) is 7.71. The predicted molar refractivity (Wildman–Crippen MR) is 61.4 cm³/mol. The van der Waals surface area contributed by atoms with Gasteiger partial charge in [0.15, 0.2) is 0 Å². The molecule has 0 radical (unpaired) electrons. The Kier molecular flexibility index (Phi) is 3.49. The predicted octanol–water partition coefficient (Wildman–Crippen LogP) is 2.83. The van der Waals surface area contributed by atoms with Crippen molar-refractivity contribution < 1.29 is 0 Å². The summed E-state index contributed by atoms with van der Waals surface area (Å²) < 4.78 is 0. The van der Waals surface area contributed by atoms with Gasteiger partial charge in [-0.2, -0.15) is 0 Å². The lowest BCUT2D eigenvalue weighted by atomic mass is 10.4. The van der Waals surface area contributed by atoms with Crippen molar-refractivity contribution in [2.24, 2.45) is 0 Å². The summed E-state index contributed by atoms with van der Waals surface area (Å²) in [6, 6.07) is 9.37. The zero-order valence-electron chi connectivity index (χ0n) is 7.66. The monoisotopic (exact) mass is 198 g/mol. The quantitative estimate of drug-likeness (QED) is 0.673. The van der Waals surface area contributed by atoms with Gasteiger partial charge >= 0.3 is 0 Å². The van der Waals surface area contributed by atoms with E-state index in [-0.39, 0.29) is 0 Å². The van der Waals surface area contributed by atoms with E-state index >= 15 is 0 Å². The molecule has 0 bridgehead atoms. The van der Waals surface area contributed by atoms with Crippen molar-refractivity contribution in [2.45, 2.75) is 13.8 Å². The van der Waals surface area contributed by atoms with Crippen LogP contribution in [0.25, 0.3) is 0 Å². The first-order valence-electron chi connectivity index (χ1n) is 4.36. The van der Waals surface area contributed by atoms with Gasteiger partial charge in [-0.1, -0.05) is 56.0 Å². The van der Waals surface area contributed by atoms with E-state index in [0.29, 0.717) is 0 Å². The van der Waals surface area contributed by atoms with Gasteiger partial charge in [0.2, 0.25) is 0 Å².